The molecule has 3 nitrogen and oxygen atoms in total. The number of anilines is 2. The number of nitrogen functional groups attached to an aromatic ring is 1. The summed E-state index contributed by atoms with van der Waals surface area (Å²) in [5.74, 6) is 0.395. The van der Waals surface area contributed by atoms with Gasteiger partial charge in [-0.05, 0) is 44.0 Å². The van der Waals surface area contributed by atoms with E-state index in [0.717, 1.165) is 31.6 Å². The van der Waals surface area contributed by atoms with Crippen LogP contribution < -0.4 is 10.6 Å². The highest BCUT2D eigenvalue weighted by molar-refractivity contribution is 5.53. The molecule has 1 saturated heterocycles. The first-order valence-electron chi connectivity index (χ1n) is 5.95. The highest BCUT2D eigenvalue weighted by atomic mass is 16.3. The lowest BCUT2D eigenvalue weighted by Gasteiger charge is -2.35. The van der Waals surface area contributed by atoms with Gasteiger partial charge in [-0.2, -0.15) is 0 Å². The summed E-state index contributed by atoms with van der Waals surface area (Å²) in [6, 6.07) is 7.97. The van der Waals surface area contributed by atoms with Crippen LogP contribution in [0.25, 0.3) is 0 Å². The van der Waals surface area contributed by atoms with E-state index in [2.05, 4.69) is 17.0 Å². The lowest BCUT2D eigenvalue weighted by Crippen LogP contribution is -2.39. The average molecular weight is 220 g/mol. The Labute approximate surface area is 96.9 Å². The summed E-state index contributed by atoms with van der Waals surface area (Å²) >= 11 is 0. The number of nitrogens with zero attached hydrogens (tertiary/aromatic N) is 1. The highest BCUT2D eigenvalue weighted by Crippen LogP contribution is 2.25. The topological polar surface area (TPSA) is 49.5 Å². The van der Waals surface area contributed by atoms with E-state index in [-0.39, 0.29) is 6.10 Å². The molecule has 0 amide bonds. The summed E-state index contributed by atoms with van der Waals surface area (Å²) < 4.78 is 0. The van der Waals surface area contributed by atoms with Crippen molar-refractivity contribution in [2.45, 2.75) is 25.9 Å². The number of hydrogen-bond acceptors (Lipinski definition) is 3. The molecule has 0 saturated carbocycles. The molecule has 0 aromatic heterocycles. The molecule has 0 radical (unpaired) electrons. The van der Waals surface area contributed by atoms with E-state index < -0.39 is 0 Å². The molecule has 1 aliphatic rings. The van der Waals surface area contributed by atoms with Crippen LogP contribution in [-0.4, -0.2) is 24.3 Å². The summed E-state index contributed by atoms with van der Waals surface area (Å²) in [5.41, 5.74) is 7.68. The molecule has 3 N–H and O–H groups in total. The Morgan fingerprint density at radius 3 is 2.69 bits per heavy atom. The van der Waals surface area contributed by atoms with Crippen LogP contribution in [0.2, 0.25) is 0 Å². The van der Waals surface area contributed by atoms with E-state index >= 15 is 0 Å². The first-order valence-corrected chi connectivity index (χ1v) is 5.95. The second-order valence-electron chi connectivity index (χ2n) is 4.68. The van der Waals surface area contributed by atoms with Gasteiger partial charge in [0.1, 0.15) is 0 Å². The lowest BCUT2D eigenvalue weighted by atomic mass is 9.93. The minimum atomic E-state index is -0.211. The van der Waals surface area contributed by atoms with Crippen LogP contribution in [0.5, 0.6) is 0 Å². The molecule has 88 valence electrons. The van der Waals surface area contributed by atoms with Gasteiger partial charge >= 0.3 is 0 Å². The first-order chi connectivity index (χ1) is 7.66. The van der Waals surface area contributed by atoms with Crippen LogP contribution in [-0.2, 0) is 0 Å². The third-order valence-electron chi connectivity index (χ3n) is 3.40. The molecule has 0 spiro atoms. The predicted molar refractivity (Wildman–Crippen MR) is 67.5 cm³/mol. The van der Waals surface area contributed by atoms with Gasteiger partial charge < -0.3 is 15.7 Å². The lowest BCUT2D eigenvalue weighted by molar-refractivity contribution is 0.115. The number of rotatable bonds is 2. The van der Waals surface area contributed by atoms with Gasteiger partial charge in [0.05, 0.1) is 6.10 Å². The number of aliphatic hydroxyl groups is 1. The van der Waals surface area contributed by atoms with Crippen molar-refractivity contribution >= 4 is 11.4 Å². The van der Waals surface area contributed by atoms with Crippen LogP contribution in [0.15, 0.2) is 24.3 Å². The van der Waals surface area contributed by atoms with Gasteiger partial charge in [0.15, 0.2) is 0 Å². The van der Waals surface area contributed by atoms with Gasteiger partial charge in [-0.25, -0.2) is 0 Å². The van der Waals surface area contributed by atoms with E-state index in [1.165, 1.54) is 5.69 Å². The maximum Gasteiger partial charge on any atom is 0.0557 e. The van der Waals surface area contributed by atoms with Crippen molar-refractivity contribution in [1.29, 1.82) is 0 Å². The summed E-state index contributed by atoms with van der Waals surface area (Å²) in [5, 5.41) is 9.64. The van der Waals surface area contributed by atoms with Crippen molar-refractivity contribution in [3.8, 4) is 0 Å². The Balaban J connectivity index is 2.06. The van der Waals surface area contributed by atoms with Gasteiger partial charge in [0.2, 0.25) is 0 Å². The van der Waals surface area contributed by atoms with E-state index in [4.69, 9.17) is 5.73 Å². The van der Waals surface area contributed by atoms with Crippen molar-refractivity contribution in [2.75, 3.05) is 23.7 Å². The third-order valence-corrected chi connectivity index (χ3v) is 3.40. The van der Waals surface area contributed by atoms with Crippen molar-refractivity contribution < 1.29 is 5.11 Å². The highest BCUT2D eigenvalue weighted by Gasteiger charge is 2.23. The summed E-state index contributed by atoms with van der Waals surface area (Å²) in [7, 11) is 0. The quantitative estimate of drug-likeness (QED) is 0.748. The fourth-order valence-electron chi connectivity index (χ4n) is 2.32. The second kappa shape index (κ2) is 4.74. The predicted octanol–water partition coefficient (Wildman–Crippen LogP) is 1.87. The van der Waals surface area contributed by atoms with Crippen LogP contribution in [0.4, 0.5) is 11.4 Å². The molecule has 2 rings (SSSR count). The van der Waals surface area contributed by atoms with Gasteiger partial charge in [-0.3, -0.25) is 0 Å². The Morgan fingerprint density at radius 2 is 2.06 bits per heavy atom. The van der Waals surface area contributed by atoms with Crippen molar-refractivity contribution in [1.82, 2.24) is 0 Å². The smallest absolute Gasteiger partial charge is 0.0557 e. The summed E-state index contributed by atoms with van der Waals surface area (Å²) in [6.07, 6.45) is 2.07. The number of nitrogens with two attached hydrogens (primary N) is 1. The zero-order chi connectivity index (χ0) is 11.5. The van der Waals surface area contributed by atoms with Gasteiger partial charge in [-0.15, -0.1) is 0 Å². The zero-order valence-electron chi connectivity index (χ0n) is 9.76. The van der Waals surface area contributed by atoms with E-state index in [1.54, 1.807) is 0 Å². The van der Waals surface area contributed by atoms with Crippen LogP contribution in [0, 0.1) is 5.92 Å². The maximum atomic E-state index is 9.64. The molecular formula is C13H20N2O. The normalized spacial score (nSPS) is 23.1. The third kappa shape index (κ3) is 2.47. The second-order valence-corrected chi connectivity index (χ2v) is 4.68. The molecule has 1 aromatic carbocycles. The van der Waals surface area contributed by atoms with Gasteiger partial charge in [-0.1, -0.05) is 0 Å². The maximum absolute atomic E-state index is 9.64. The first kappa shape index (κ1) is 11.3. The van der Waals surface area contributed by atoms with E-state index in [1.807, 2.05) is 19.1 Å². The summed E-state index contributed by atoms with van der Waals surface area (Å²) in [4.78, 5) is 2.33. The fourth-order valence-corrected chi connectivity index (χ4v) is 2.32. The fraction of sp³-hybridized carbons (Fsp3) is 0.538. The Kier molecular flexibility index (Phi) is 3.34. The molecule has 0 bridgehead atoms. The Hall–Kier alpha value is -1.22. The molecule has 2 atom stereocenters. The Morgan fingerprint density at radius 1 is 1.38 bits per heavy atom. The minimum Gasteiger partial charge on any atom is -0.399 e. The summed E-state index contributed by atoms with van der Waals surface area (Å²) in [6.45, 7) is 3.91. The van der Waals surface area contributed by atoms with E-state index in [0.29, 0.717) is 5.92 Å². The molecular weight excluding hydrogens is 200 g/mol. The number of piperidine rings is 1. The van der Waals surface area contributed by atoms with Gasteiger partial charge in [0, 0.05) is 30.4 Å². The van der Waals surface area contributed by atoms with Gasteiger partial charge in [0.25, 0.3) is 0 Å². The monoisotopic (exact) mass is 220 g/mol. The average Bonchev–Trinajstić information content (AvgIpc) is 2.30. The van der Waals surface area contributed by atoms with Crippen LogP contribution in [0.1, 0.15) is 19.8 Å². The van der Waals surface area contributed by atoms with E-state index in [9.17, 15) is 5.11 Å². The Bertz CT molecular complexity index is 334. The molecule has 1 aromatic rings. The molecule has 1 fully saturated rings. The largest absolute Gasteiger partial charge is 0.399 e. The minimum absolute atomic E-state index is 0.211. The molecule has 0 unspecified atom stereocenters. The SMILES string of the molecule is C[C@H](O)[C@@H]1CCCN(c2ccc(N)cc2)C1. The molecule has 3 heteroatoms. The van der Waals surface area contributed by atoms with Crippen LogP contribution in [0.3, 0.4) is 0 Å². The number of aliphatic hydroxyl groups excluding tert-OH is 1. The van der Waals surface area contributed by atoms with Crippen molar-refractivity contribution in [3.05, 3.63) is 24.3 Å². The van der Waals surface area contributed by atoms with Crippen molar-refractivity contribution in [2.24, 2.45) is 5.92 Å². The zero-order valence-corrected chi connectivity index (χ0v) is 9.76. The molecule has 1 aliphatic heterocycles. The number of hydrogen-bond donors (Lipinski definition) is 2. The van der Waals surface area contributed by atoms with Crippen LogP contribution >= 0.6 is 0 Å². The number of benzene rings is 1. The molecule has 0 aliphatic carbocycles. The molecule has 16 heavy (non-hydrogen) atoms. The van der Waals surface area contributed by atoms with Crippen molar-refractivity contribution in [3.63, 3.8) is 0 Å². The molecule has 1 heterocycles. The standard InChI is InChI=1S/C13H20N2O/c1-10(16)11-3-2-8-15(9-11)13-6-4-12(14)5-7-13/h4-7,10-11,16H,2-3,8-9,14H2,1H3/t10-,11+/m0/s1.